The second-order valence-electron chi connectivity index (χ2n) is 3.90. The van der Waals surface area contributed by atoms with Gasteiger partial charge in [-0.3, -0.25) is 10.1 Å². The van der Waals surface area contributed by atoms with Gasteiger partial charge in [0.2, 0.25) is 0 Å². The zero-order valence-electron chi connectivity index (χ0n) is 10.0. The second-order valence-corrected chi connectivity index (χ2v) is 5.86. The molecule has 0 amide bonds. The Kier molecular flexibility index (Phi) is 4.74. The third-order valence-corrected chi connectivity index (χ3v) is 4.19. The van der Waals surface area contributed by atoms with Crippen LogP contribution in [0.1, 0.15) is 5.56 Å². The molecule has 0 aliphatic rings. The minimum atomic E-state index is -0.551. The van der Waals surface area contributed by atoms with Crippen LogP contribution in [0, 0.1) is 15.9 Å². The Balaban J connectivity index is 2.36. The Morgan fingerprint density at radius 1 is 1.30 bits per heavy atom. The summed E-state index contributed by atoms with van der Waals surface area (Å²) >= 11 is 4.04. The first-order chi connectivity index (χ1) is 9.51. The molecule has 4 nitrogen and oxygen atoms in total. The van der Waals surface area contributed by atoms with Crippen molar-refractivity contribution in [2.24, 2.45) is 0 Å². The summed E-state index contributed by atoms with van der Waals surface area (Å²) in [4.78, 5) is 11.4. The number of benzene rings is 2. The average molecular weight is 358 g/mol. The molecule has 2 aromatic carbocycles. The van der Waals surface area contributed by atoms with Gasteiger partial charge in [-0.15, -0.1) is 0 Å². The maximum Gasteiger partial charge on any atom is 0.284 e. The summed E-state index contributed by atoms with van der Waals surface area (Å²) in [6, 6.07) is 9.15. The standard InChI is InChI=1S/C13H9BrFNO3S/c14-10-5-12(16(18)19)13(6-11(10)15)20-9-3-1-8(7-17)2-4-9/h1-6,17H,7H2. The summed E-state index contributed by atoms with van der Waals surface area (Å²) in [7, 11) is 0. The summed E-state index contributed by atoms with van der Waals surface area (Å²) in [5, 5.41) is 19.9. The Morgan fingerprint density at radius 3 is 2.50 bits per heavy atom. The van der Waals surface area contributed by atoms with E-state index in [4.69, 9.17) is 5.11 Å². The molecule has 2 aromatic rings. The van der Waals surface area contributed by atoms with Gasteiger partial charge in [-0.25, -0.2) is 4.39 Å². The minimum Gasteiger partial charge on any atom is -0.392 e. The molecule has 7 heteroatoms. The maximum absolute atomic E-state index is 13.5. The maximum atomic E-state index is 13.5. The minimum absolute atomic E-state index is 0.0594. The Hall–Kier alpha value is -1.44. The molecule has 0 saturated carbocycles. The van der Waals surface area contributed by atoms with Crippen molar-refractivity contribution in [1.82, 2.24) is 0 Å². The van der Waals surface area contributed by atoms with Crippen LogP contribution in [-0.2, 0) is 6.61 Å². The van der Waals surface area contributed by atoms with Gasteiger partial charge in [0.1, 0.15) is 5.82 Å². The van der Waals surface area contributed by atoms with E-state index in [1.54, 1.807) is 24.3 Å². The number of nitrogens with zero attached hydrogens (tertiary/aromatic N) is 1. The molecule has 0 radical (unpaired) electrons. The van der Waals surface area contributed by atoms with Crippen molar-refractivity contribution in [2.75, 3.05) is 0 Å². The largest absolute Gasteiger partial charge is 0.392 e. The number of nitro benzene ring substituents is 1. The fraction of sp³-hybridized carbons (Fsp3) is 0.0769. The fourth-order valence-electron chi connectivity index (χ4n) is 1.53. The zero-order chi connectivity index (χ0) is 14.7. The number of aliphatic hydroxyl groups is 1. The lowest BCUT2D eigenvalue weighted by atomic mass is 10.2. The molecular formula is C13H9BrFNO3S. The van der Waals surface area contributed by atoms with E-state index in [0.29, 0.717) is 0 Å². The lowest BCUT2D eigenvalue weighted by Crippen LogP contribution is -1.93. The fourth-order valence-corrected chi connectivity index (χ4v) is 2.79. The van der Waals surface area contributed by atoms with E-state index in [2.05, 4.69) is 15.9 Å². The molecule has 1 N–H and O–H groups in total. The van der Waals surface area contributed by atoms with Crippen LogP contribution in [0.4, 0.5) is 10.1 Å². The molecule has 20 heavy (non-hydrogen) atoms. The summed E-state index contributed by atoms with van der Waals surface area (Å²) in [5.74, 6) is -0.551. The van der Waals surface area contributed by atoms with Crippen LogP contribution in [0.3, 0.4) is 0 Å². The summed E-state index contributed by atoms with van der Waals surface area (Å²) in [5.41, 5.74) is 0.584. The monoisotopic (exact) mass is 357 g/mol. The van der Waals surface area contributed by atoms with Crippen LogP contribution in [0.5, 0.6) is 0 Å². The van der Waals surface area contributed by atoms with Crippen LogP contribution in [0.25, 0.3) is 0 Å². The van der Waals surface area contributed by atoms with Gasteiger partial charge >= 0.3 is 0 Å². The van der Waals surface area contributed by atoms with E-state index < -0.39 is 10.7 Å². The van der Waals surface area contributed by atoms with E-state index in [1.165, 1.54) is 0 Å². The highest BCUT2D eigenvalue weighted by Gasteiger charge is 2.18. The van der Waals surface area contributed by atoms with Crippen molar-refractivity contribution in [3.8, 4) is 0 Å². The van der Waals surface area contributed by atoms with E-state index in [1.807, 2.05) is 0 Å². The van der Waals surface area contributed by atoms with E-state index in [9.17, 15) is 14.5 Å². The number of rotatable bonds is 4. The van der Waals surface area contributed by atoms with Crippen molar-refractivity contribution >= 4 is 33.4 Å². The van der Waals surface area contributed by atoms with Crippen LogP contribution in [-0.4, -0.2) is 10.0 Å². The van der Waals surface area contributed by atoms with Crippen LogP contribution < -0.4 is 0 Å². The molecule has 0 saturated heterocycles. The molecule has 0 aliphatic carbocycles. The highest BCUT2D eigenvalue weighted by molar-refractivity contribution is 9.10. The van der Waals surface area contributed by atoms with Crippen molar-refractivity contribution in [1.29, 1.82) is 0 Å². The Bertz CT molecular complexity index is 649. The van der Waals surface area contributed by atoms with Crippen LogP contribution in [0.15, 0.2) is 50.7 Å². The molecule has 0 aromatic heterocycles. The van der Waals surface area contributed by atoms with E-state index >= 15 is 0 Å². The van der Waals surface area contributed by atoms with Crippen LogP contribution in [0.2, 0.25) is 0 Å². The Labute approximate surface area is 126 Å². The number of hydrogen-bond acceptors (Lipinski definition) is 4. The SMILES string of the molecule is O=[N+]([O-])c1cc(Br)c(F)cc1Sc1ccc(CO)cc1. The molecule has 0 aliphatic heterocycles. The van der Waals surface area contributed by atoms with Crippen molar-refractivity contribution < 1.29 is 14.4 Å². The third-order valence-electron chi connectivity index (χ3n) is 2.53. The number of nitro groups is 1. The zero-order valence-corrected chi connectivity index (χ0v) is 12.4. The first kappa shape index (κ1) is 15.0. The van der Waals surface area contributed by atoms with Gasteiger partial charge in [0.25, 0.3) is 5.69 Å². The van der Waals surface area contributed by atoms with Gasteiger partial charge in [0, 0.05) is 11.0 Å². The lowest BCUT2D eigenvalue weighted by Gasteiger charge is -2.05. The van der Waals surface area contributed by atoms with Gasteiger partial charge in [-0.1, -0.05) is 23.9 Å². The highest BCUT2D eigenvalue weighted by Crippen LogP contribution is 2.37. The molecule has 0 unspecified atom stereocenters. The number of hydrogen-bond donors (Lipinski definition) is 1. The van der Waals surface area contributed by atoms with Gasteiger partial charge < -0.3 is 5.11 Å². The van der Waals surface area contributed by atoms with Gasteiger partial charge in [0.15, 0.2) is 0 Å². The Morgan fingerprint density at radius 2 is 1.95 bits per heavy atom. The third kappa shape index (κ3) is 3.36. The number of halogens is 2. The molecule has 2 rings (SSSR count). The molecular weight excluding hydrogens is 349 g/mol. The predicted molar refractivity (Wildman–Crippen MR) is 77.2 cm³/mol. The highest BCUT2D eigenvalue weighted by atomic mass is 79.9. The molecule has 0 bridgehead atoms. The summed E-state index contributed by atoms with van der Waals surface area (Å²) in [6.45, 7) is -0.0714. The van der Waals surface area contributed by atoms with Crippen molar-refractivity contribution in [2.45, 2.75) is 16.4 Å². The first-order valence-electron chi connectivity index (χ1n) is 5.52. The normalized spacial score (nSPS) is 10.6. The molecule has 0 spiro atoms. The molecule has 104 valence electrons. The van der Waals surface area contributed by atoms with E-state index in [0.717, 1.165) is 34.4 Å². The summed E-state index contributed by atoms with van der Waals surface area (Å²) in [6.07, 6.45) is 0. The molecule has 0 heterocycles. The topological polar surface area (TPSA) is 63.4 Å². The quantitative estimate of drug-likeness (QED) is 0.659. The lowest BCUT2D eigenvalue weighted by molar-refractivity contribution is -0.387. The van der Waals surface area contributed by atoms with E-state index in [-0.39, 0.29) is 21.7 Å². The number of aliphatic hydroxyl groups excluding tert-OH is 1. The van der Waals surface area contributed by atoms with Crippen molar-refractivity contribution in [3.63, 3.8) is 0 Å². The molecule has 0 fully saturated rings. The smallest absolute Gasteiger partial charge is 0.284 e. The molecule has 0 atom stereocenters. The first-order valence-corrected chi connectivity index (χ1v) is 7.13. The summed E-state index contributed by atoms with van der Waals surface area (Å²) < 4.78 is 13.6. The van der Waals surface area contributed by atoms with Crippen LogP contribution >= 0.6 is 27.7 Å². The second kappa shape index (κ2) is 6.34. The van der Waals surface area contributed by atoms with Gasteiger partial charge in [0.05, 0.1) is 20.9 Å². The average Bonchev–Trinajstić information content (AvgIpc) is 2.43. The predicted octanol–water partition coefficient (Wildman–Crippen LogP) is 4.14. The van der Waals surface area contributed by atoms with Gasteiger partial charge in [-0.05, 0) is 39.7 Å². The van der Waals surface area contributed by atoms with Gasteiger partial charge in [-0.2, -0.15) is 0 Å². The van der Waals surface area contributed by atoms with Crippen molar-refractivity contribution in [3.05, 3.63) is 62.4 Å².